The number of nitrogens with one attached hydrogen (secondary N) is 3. The van der Waals surface area contributed by atoms with Crippen molar-refractivity contribution in [3.05, 3.63) is 78.6 Å². The standard InChI is InChI=1S/C33H31N7O6S/c1-5-27(46-18-41)20-12-28(45-17-20)19-6-8-21(9-7-19)34-30-37-31(35-22-13-24(43-3)15-25(14-22)44-4)39-32(38-30)40-33-36-26-11-10-23(42-2)16-29(26)47-33/h6-18,27H,5H2,1-4H3,(H3,34,35,36,37,38,39,40). The van der Waals surface area contributed by atoms with E-state index in [0.29, 0.717) is 41.0 Å². The molecule has 3 aromatic heterocycles. The van der Waals surface area contributed by atoms with Crippen molar-refractivity contribution >= 4 is 62.4 Å². The molecule has 1 atom stereocenters. The fraction of sp³-hybridized carbons (Fsp3) is 0.182. The molecule has 0 bridgehead atoms. The van der Waals surface area contributed by atoms with Gasteiger partial charge in [-0.2, -0.15) is 15.0 Å². The molecule has 3 aromatic carbocycles. The van der Waals surface area contributed by atoms with E-state index in [1.54, 1.807) is 45.8 Å². The Hall–Kier alpha value is -5.89. The first kappa shape index (κ1) is 31.1. The van der Waals surface area contributed by atoms with Gasteiger partial charge < -0.3 is 34.0 Å². The van der Waals surface area contributed by atoms with Gasteiger partial charge in [0.25, 0.3) is 6.47 Å². The molecule has 0 fully saturated rings. The predicted octanol–water partition coefficient (Wildman–Crippen LogP) is 7.62. The molecule has 47 heavy (non-hydrogen) atoms. The second-order valence-electron chi connectivity index (χ2n) is 10.1. The summed E-state index contributed by atoms with van der Waals surface area (Å²) < 4.78 is 28.0. The molecule has 3 heterocycles. The van der Waals surface area contributed by atoms with Gasteiger partial charge in [0.2, 0.25) is 17.8 Å². The van der Waals surface area contributed by atoms with Crippen molar-refractivity contribution in [2.24, 2.45) is 0 Å². The molecule has 0 saturated heterocycles. The Morgan fingerprint density at radius 3 is 2.06 bits per heavy atom. The summed E-state index contributed by atoms with van der Waals surface area (Å²) in [5, 5.41) is 10.3. The van der Waals surface area contributed by atoms with Gasteiger partial charge in [0.15, 0.2) is 5.13 Å². The Kier molecular flexibility index (Phi) is 9.29. The number of thiazole rings is 1. The zero-order valence-corrected chi connectivity index (χ0v) is 26.8. The number of ether oxygens (including phenoxy) is 4. The Labute approximate surface area is 273 Å². The highest BCUT2D eigenvalue weighted by atomic mass is 32.1. The summed E-state index contributed by atoms with van der Waals surface area (Å²) in [4.78, 5) is 29.3. The summed E-state index contributed by atoms with van der Waals surface area (Å²) in [5.41, 5.74) is 3.85. The van der Waals surface area contributed by atoms with Crippen molar-refractivity contribution < 1.29 is 28.2 Å². The third-order valence-electron chi connectivity index (χ3n) is 7.07. The minimum atomic E-state index is -0.357. The molecule has 0 saturated carbocycles. The Bertz CT molecular complexity index is 1970. The van der Waals surface area contributed by atoms with E-state index < -0.39 is 0 Å². The molecule has 6 rings (SSSR count). The van der Waals surface area contributed by atoms with Gasteiger partial charge >= 0.3 is 0 Å². The van der Waals surface area contributed by atoms with E-state index in [2.05, 4.69) is 35.9 Å². The number of hydrogen-bond acceptors (Lipinski definition) is 14. The van der Waals surface area contributed by atoms with Crippen LogP contribution in [0.15, 0.2) is 77.4 Å². The van der Waals surface area contributed by atoms with E-state index in [-0.39, 0.29) is 23.9 Å². The minimum Gasteiger partial charge on any atom is -0.497 e. The Morgan fingerprint density at radius 1 is 0.766 bits per heavy atom. The number of furan rings is 1. The fourth-order valence-electron chi connectivity index (χ4n) is 4.73. The summed E-state index contributed by atoms with van der Waals surface area (Å²) in [7, 11) is 4.79. The van der Waals surface area contributed by atoms with Crippen LogP contribution in [0.3, 0.4) is 0 Å². The quantitative estimate of drug-likeness (QED) is 0.0988. The molecule has 0 aliphatic carbocycles. The molecular weight excluding hydrogens is 622 g/mol. The number of methoxy groups -OCH3 is 3. The molecule has 0 amide bonds. The summed E-state index contributed by atoms with van der Waals surface area (Å²) >= 11 is 1.45. The normalized spacial score (nSPS) is 11.5. The molecule has 0 radical (unpaired) electrons. The van der Waals surface area contributed by atoms with Crippen LogP contribution in [0.25, 0.3) is 21.5 Å². The topological polar surface area (TPSA) is 155 Å². The zero-order valence-electron chi connectivity index (χ0n) is 25.9. The molecule has 1 unspecified atom stereocenters. The van der Waals surface area contributed by atoms with E-state index in [1.807, 2.05) is 55.5 Å². The predicted molar refractivity (Wildman–Crippen MR) is 180 cm³/mol. The molecule has 0 aliphatic rings. The molecule has 13 nitrogen and oxygen atoms in total. The first-order valence-corrected chi connectivity index (χ1v) is 15.3. The van der Waals surface area contributed by atoms with Crippen LogP contribution in [0.1, 0.15) is 25.0 Å². The van der Waals surface area contributed by atoms with E-state index >= 15 is 0 Å². The van der Waals surface area contributed by atoms with Crippen molar-refractivity contribution in [1.29, 1.82) is 0 Å². The molecule has 14 heteroatoms. The largest absolute Gasteiger partial charge is 0.497 e. The van der Waals surface area contributed by atoms with Crippen LogP contribution < -0.4 is 30.2 Å². The first-order chi connectivity index (χ1) is 23.0. The summed E-state index contributed by atoms with van der Waals surface area (Å²) in [6.07, 6.45) is 1.88. The lowest BCUT2D eigenvalue weighted by Gasteiger charge is -2.12. The smallest absolute Gasteiger partial charge is 0.293 e. The van der Waals surface area contributed by atoms with Crippen LogP contribution in [0.4, 0.5) is 34.4 Å². The fourth-order valence-corrected chi connectivity index (χ4v) is 5.62. The van der Waals surface area contributed by atoms with Crippen molar-refractivity contribution in [2.75, 3.05) is 37.3 Å². The number of rotatable bonds is 14. The minimum absolute atomic E-state index is 0.269. The van der Waals surface area contributed by atoms with E-state index in [1.165, 1.54) is 11.3 Å². The maximum atomic E-state index is 10.8. The maximum Gasteiger partial charge on any atom is 0.293 e. The third-order valence-corrected chi connectivity index (χ3v) is 8.00. The highest BCUT2D eigenvalue weighted by Gasteiger charge is 2.16. The first-order valence-electron chi connectivity index (χ1n) is 14.5. The molecule has 240 valence electrons. The number of nitrogens with zero attached hydrogens (tertiary/aromatic N) is 4. The van der Waals surface area contributed by atoms with Gasteiger partial charge in [-0.25, -0.2) is 4.98 Å². The monoisotopic (exact) mass is 653 g/mol. The number of carbonyl (C=O) groups is 1. The van der Waals surface area contributed by atoms with Crippen LogP contribution in [0.5, 0.6) is 17.2 Å². The summed E-state index contributed by atoms with van der Waals surface area (Å²) in [6, 6.07) is 20.5. The molecule has 0 aliphatic heterocycles. The van der Waals surface area contributed by atoms with E-state index in [9.17, 15) is 4.79 Å². The molecule has 0 spiro atoms. The van der Waals surface area contributed by atoms with Crippen LogP contribution in [0, 0.1) is 0 Å². The molecular formula is C33H31N7O6S. The second kappa shape index (κ2) is 14.0. The lowest BCUT2D eigenvalue weighted by molar-refractivity contribution is -0.134. The van der Waals surface area contributed by atoms with Gasteiger partial charge in [0.1, 0.15) is 29.1 Å². The van der Waals surface area contributed by atoms with Crippen molar-refractivity contribution in [3.8, 4) is 28.6 Å². The van der Waals surface area contributed by atoms with Gasteiger partial charge in [0, 0.05) is 40.7 Å². The van der Waals surface area contributed by atoms with Crippen molar-refractivity contribution in [2.45, 2.75) is 19.4 Å². The van der Waals surface area contributed by atoms with Gasteiger partial charge in [0.05, 0.1) is 37.8 Å². The zero-order chi connectivity index (χ0) is 32.8. The van der Waals surface area contributed by atoms with Crippen LogP contribution in [-0.4, -0.2) is 47.7 Å². The highest BCUT2D eigenvalue weighted by molar-refractivity contribution is 7.22. The lowest BCUT2D eigenvalue weighted by atomic mass is 10.1. The third kappa shape index (κ3) is 7.34. The van der Waals surface area contributed by atoms with Crippen LogP contribution in [0.2, 0.25) is 0 Å². The summed E-state index contributed by atoms with van der Waals surface area (Å²) in [6.45, 7) is 2.39. The number of aromatic nitrogens is 4. The Morgan fingerprint density at radius 2 is 1.43 bits per heavy atom. The molecule has 6 aromatic rings. The SMILES string of the molecule is CCC(OC=O)c1coc(-c2ccc(Nc3nc(Nc4cc(OC)cc(OC)c4)nc(Nc4nc5ccc(OC)cc5s4)n3)cc2)c1. The van der Waals surface area contributed by atoms with Crippen molar-refractivity contribution in [3.63, 3.8) is 0 Å². The van der Waals surface area contributed by atoms with Gasteiger partial charge in [-0.1, -0.05) is 18.3 Å². The van der Waals surface area contributed by atoms with E-state index in [4.69, 9.17) is 23.4 Å². The average molecular weight is 654 g/mol. The molecule has 3 N–H and O–H groups in total. The van der Waals surface area contributed by atoms with Gasteiger partial charge in [-0.3, -0.25) is 10.1 Å². The lowest BCUT2D eigenvalue weighted by Crippen LogP contribution is -2.07. The Balaban J connectivity index is 1.28. The number of hydrogen-bond donors (Lipinski definition) is 3. The van der Waals surface area contributed by atoms with Gasteiger partial charge in [-0.05, 0) is 55.0 Å². The van der Waals surface area contributed by atoms with Crippen LogP contribution in [-0.2, 0) is 9.53 Å². The van der Waals surface area contributed by atoms with E-state index in [0.717, 1.165) is 32.8 Å². The second-order valence-corrected chi connectivity index (χ2v) is 11.1. The summed E-state index contributed by atoms with van der Waals surface area (Å²) in [5.74, 6) is 3.43. The number of anilines is 6. The van der Waals surface area contributed by atoms with Crippen LogP contribution >= 0.6 is 11.3 Å². The van der Waals surface area contributed by atoms with Crippen molar-refractivity contribution in [1.82, 2.24) is 19.9 Å². The maximum absolute atomic E-state index is 10.8. The van der Waals surface area contributed by atoms with Gasteiger partial charge in [-0.15, -0.1) is 0 Å². The number of carbonyl (C=O) groups excluding carboxylic acids is 1. The number of benzene rings is 3. The highest BCUT2D eigenvalue weighted by Crippen LogP contribution is 2.33. The average Bonchev–Trinajstić information content (AvgIpc) is 3.74. The number of fused-ring (bicyclic) bond motifs is 1.